The van der Waals surface area contributed by atoms with E-state index in [1.807, 2.05) is 0 Å². The number of carbonyl (C=O) groups is 8. The summed E-state index contributed by atoms with van der Waals surface area (Å²) < 4.78 is 0. The van der Waals surface area contributed by atoms with E-state index in [1.54, 1.807) is 0 Å². The minimum absolute atomic E-state index is 0.155. The zero-order valence-electron chi connectivity index (χ0n) is 26.1. The van der Waals surface area contributed by atoms with Gasteiger partial charge in [0.15, 0.2) is 11.5 Å². The minimum atomic E-state index is -1.34. The summed E-state index contributed by atoms with van der Waals surface area (Å²) in [5.74, 6) is -8.38. The number of anilines is 1. The molecule has 23 nitrogen and oxygen atoms in total. The molecule has 0 aliphatic heterocycles. The highest BCUT2D eigenvalue weighted by atomic mass is 33.1. The van der Waals surface area contributed by atoms with Crippen molar-refractivity contribution in [1.29, 1.82) is 0 Å². The van der Waals surface area contributed by atoms with E-state index in [0.717, 1.165) is 21.6 Å². The predicted octanol–water partition coefficient (Wildman–Crippen LogP) is -3.94. The number of aliphatic carboxylic acids is 4. The van der Waals surface area contributed by atoms with Gasteiger partial charge in [-0.25, -0.2) is 15.0 Å². The Morgan fingerprint density at radius 3 is 1.54 bits per heavy atom. The number of carboxylic acid groups (broad SMARTS) is 4. The van der Waals surface area contributed by atoms with Crippen molar-refractivity contribution < 1.29 is 58.8 Å². The Labute approximate surface area is 290 Å². The SMILES string of the molecule is NC(CCC(=O)NC(CSSCC(NC(=O)CCC(N)C(=O)O)C(=O)NCC(=O)O)C(=O)NCC(=O)O)C(=O)O.Nc1ncnc2nc[nH]c12. The fourth-order valence-electron chi connectivity index (χ4n) is 3.31. The van der Waals surface area contributed by atoms with Gasteiger partial charge in [0.1, 0.15) is 49.1 Å². The number of carboxylic acids is 4. The van der Waals surface area contributed by atoms with Crippen molar-refractivity contribution >= 4 is 86.1 Å². The van der Waals surface area contributed by atoms with Gasteiger partial charge in [-0.05, 0) is 12.8 Å². The van der Waals surface area contributed by atoms with Gasteiger partial charge in [0.25, 0.3) is 0 Å². The van der Waals surface area contributed by atoms with Crippen LogP contribution < -0.4 is 38.5 Å². The fraction of sp³-hybridized carbons (Fsp3) is 0.480. The number of aromatic amines is 1. The Bertz CT molecular complexity index is 1440. The summed E-state index contributed by atoms with van der Waals surface area (Å²) in [6, 6.07) is -5.16. The van der Waals surface area contributed by atoms with Crippen LogP contribution in [-0.4, -0.2) is 137 Å². The lowest BCUT2D eigenvalue weighted by atomic mass is 10.1. The molecule has 0 spiro atoms. The molecule has 2 heterocycles. The standard InChI is InChI=1S/C20H32N6O12S2.C5H5N5/c21-9(19(35)36)1-3-13(27)25-11(17(33)23-5-15(29)30)7-39-40-8-12(18(34)24-6-16(31)32)26-14(28)4-2-10(22)20(37)38;6-4-3-5(9-1-7-3)10-2-8-4/h9-12H,1-8,21-22H2,(H,23,33)(H,24,34)(H,25,27)(H,26,28)(H,29,30)(H,31,32)(H,35,36)(H,37,38);1-2H,(H3,6,7,8,9,10). The molecule has 0 aliphatic rings. The van der Waals surface area contributed by atoms with Crippen molar-refractivity contribution in [1.82, 2.24) is 41.2 Å². The average Bonchev–Trinajstić information content (AvgIpc) is 3.55. The molecule has 0 aliphatic carbocycles. The molecule has 15 N–H and O–H groups in total. The largest absolute Gasteiger partial charge is 0.480 e. The summed E-state index contributed by atoms with van der Waals surface area (Å²) in [6.07, 6.45) is 1.80. The maximum absolute atomic E-state index is 12.4. The summed E-state index contributed by atoms with van der Waals surface area (Å²) in [6.45, 7) is -1.48. The lowest BCUT2D eigenvalue weighted by Crippen LogP contribution is -2.50. The second-order valence-corrected chi connectivity index (χ2v) is 12.4. The Morgan fingerprint density at radius 1 is 0.720 bits per heavy atom. The Kier molecular flexibility index (Phi) is 19.1. The average molecular weight is 748 g/mol. The first-order valence-electron chi connectivity index (χ1n) is 14.2. The molecule has 4 atom stereocenters. The van der Waals surface area contributed by atoms with E-state index in [9.17, 15) is 38.4 Å². The van der Waals surface area contributed by atoms with Crippen LogP contribution in [0.25, 0.3) is 11.2 Å². The van der Waals surface area contributed by atoms with Gasteiger partial charge < -0.3 is 63.9 Å². The maximum atomic E-state index is 12.4. The van der Waals surface area contributed by atoms with E-state index in [-0.39, 0.29) is 37.2 Å². The molecular weight excluding hydrogens is 710 g/mol. The number of amides is 4. The maximum Gasteiger partial charge on any atom is 0.322 e. The molecule has 0 radical (unpaired) electrons. The van der Waals surface area contributed by atoms with Gasteiger partial charge in [0.05, 0.1) is 6.33 Å². The molecule has 4 unspecified atom stereocenters. The molecule has 0 fully saturated rings. The highest BCUT2D eigenvalue weighted by molar-refractivity contribution is 8.76. The molecule has 2 aromatic heterocycles. The van der Waals surface area contributed by atoms with E-state index < -0.39 is 84.8 Å². The van der Waals surface area contributed by atoms with Crippen LogP contribution in [0.4, 0.5) is 5.82 Å². The van der Waals surface area contributed by atoms with E-state index >= 15 is 0 Å². The smallest absolute Gasteiger partial charge is 0.322 e. The lowest BCUT2D eigenvalue weighted by Gasteiger charge is -2.20. The van der Waals surface area contributed by atoms with Crippen LogP contribution in [0, 0.1) is 0 Å². The lowest BCUT2D eigenvalue weighted by molar-refractivity contribution is -0.140. The Balaban J connectivity index is 0.00000104. The topological polar surface area (TPSA) is 398 Å². The van der Waals surface area contributed by atoms with Gasteiger partial charge in [0.2, 0.25) is 23.6 Å². The number of nitrogen functional groups attached to an aromatic ring is 1. The number of nitrogens with two attached hydrogens (primary N) is 3. The second-order valence-electron chi connectivity index (χ2n) is 9.86. The third kappa shape index (κ3) is 17.2. The van der Waals surface area contributed by atoms with Crippen LogP contribution in [0.3, 0.4) is 0 Å². The molecule has 0 saturated heterocycles. The van der Waals surface area contributed by atoms with Gasteiger partial charge in [-0.1, -0.05) is 21.6 Å². The van der Waals surface area contributed by atoms with Crippen LogP contribution in [0.1, 0.15) is 25.7 Å². The summed E-state index contributed by atoms with van der Waals surface area (Å²) in [5.41, 5.74) is 17.5. The number of hydrogen-bond acceptors (Lipinski definition) is 16. The third-order valence-electron chi connectivity index (χ3n) is 5.94. The molecule has 0 bridgehead atoms. The number of hydrogen-bond donors (Lipinski definition) is 12. The van der Waals surface area contributed by atoms with Gasteiger partial charge in [0, 0.05) is 24.3 Å². The molecule has 2 aromatic rings. The molecule has 276 valence electrons. The number of carbonyl (C=O) groups excluding carboxylic acids is 4. The van der Waals surface area contributed by atoms with E-state index in [1.165, 1.54) is 12.7 Å². The van der Waals surface area contributed by atoms with E-state index in [0.29, 0.717) is 17.0 Å². The predicted molar refractivity (Wildman–Crippen MR) is 176 cm³/mol. The molecule has 50 heavy (non-hydrogen) atoms. The van der Waals surface area contributed by atoms with Crippen LogP contribution in [0.2, 0.25) is 0 Å². The molecule has 25 heteroatoms. The van der Waals surface area contributed by atoms with Crippen molar-refractivity contribution in [2.24, 2.45) is 11.5 Å². The number of fused-ring (bicyclic) bond motifs is 1. The number of nitrogens with one attached hydrogen (secondary N) is 5. The van der Waals surface area contributed by atoms with Crippen molar-refractivity contribution in [2.45, 2.75) is 49.9 Å². The normalized spacial score (nSPS) is 12.9. The highest BCUT2D eigenvalue weighted by Crippen LogP contribution is 2.23. The summed E-state index contributed by atoms with van der Waals surface area (Å²) in [4.78, 5) is 107. The number of aromatic nitrogens is 4. The fourth-order valence-corrected chi connectivity index (χ4v) is 5.63. The van der Waals surface area contributed by atoms with E-state index in [4.69, 9.17) is 37.6 Å². The first-order chi connectivity index (χ1) is 23.5. The highest BCUT2D eigenvalue weighted by Gasteiger charge is 2.25. The zero-order chi connectivity index (χ0) is 37.8. The zero-order valence-corrected chi connectivity index (χ0v) is 27.7. The number of H-pyrrole nitrogens is 1. The molecular formula is C25H37N11O12S2. The van der Waals surface area contributed by atoms with Crippen molar-refractivity contribution in [3.63, 3.8) is 0 Å². The summed E-state index contributed by atoms with van der Waals surface area (Å²) >= 11 is 0. The number of rotatable bonds is 21. The van der Waals surface area contributed by atoms with Crippen molar-refractivity contribution in [2.75, 3.05) is 30.3 Å². The monoisotopic (exact) mass is 747 g/mol. The van der Waals surface area contributed by atoms with Gasteiger partial charge in [-0.2, -0.15) is 0 Å². The Hall–Kier alpha value is -5.27. The van der Waals surface area contributed by atoms with Crippen molar-refractivity contribution in [3.8, 4) is 0 Å². The molecule has 4 amide bonds. The van der Waals surface area contributed by atoms with Gasteiger partial charge >= 0.3 is 23.9 Å². The quantitative estimate of drug-likeness (QED) is 0.0428. The van der Waals surface area contributed by atoms with Gasteiger partial charge in [-0.15, -0.1) is 0 Å². The summed E-state index contributed by atoms with van der Waals surface area (Å²) in [7, 11) is 1.89. The molecule has 0 saturated carbocycles. The summed E-state index contributed by atoms with van der Waals surface area (Å²) in [5, 5.41) is 44.1. The Morgan fingerprint density at radius 2 is 1.16 bits per heavy atom. The van der Waals surface area contributed by atoms with E-state index in [2.05, 4.69) is 41.2 Å². The number of imidazole rings is 1. The molecule has 0 aromatic carbocycles. The van der Waals surface area contributed by atoms with Crippen molar-refractivity contribution in [3.05, 3.63) is 12.7 Å². The van der Waals surface area contributed by atoms with Crippen LogP contribution in [-0.2, 0) is 38.4 Å². The minimum Gasteiger partial charge on any atom is -0.480 e. The molecule has 2 rings (SSSR count). The van der Waals surface area contributed by atoms with Crippen LogP contribution in [0.5, 0.6) is 0 Å². The van der Waals surface area contributed by atoms with Crippen LogP contribution >= 0.6 is 21.6 Å². The number of nitrogens with zero attached hydrogens (tertiary/aromatic N) is 3. The first-order valence-corrected chi connectivity index (χ1v) is 16.7. The second kappa shape index (κ2) is 22.4. The van der Waals surface area contributed by atoms with Gasteiger partial charge in [-0.3, -0.25) is 38.4 Å². The first kappa shape index (κ1) is 42.8. The van der Waals surface area contributed by atoms with Crippen LogP contribution in [0.15, 0.2) is 12.7 Å². The third-order valence-corrected chi connectivity index (χ3v) is 8.36.